The van der Waals surface area contributed by atoms with Crippen molar-refractivity contribution in [2.24, 2.45) is 0 Å². The lowest BCUT2D eigenvalue weighted by Gasteiger charge is -2.12. The highest BCUT2D eigenvalue weighted by Crippen LogP contribution is 2.41. The molecule has 0 fully saturated rings. The zero-order valence-electron chi connectivity index (χ0n) is 20.1. The number of carbonyl (C=O) groups is 1. The number of methoxy groups -OCH3 is 3. The van der Waals surface area contributed by atoms with E-state index in [0.29, 0.717) is 45.8 Å². The molecule has 182 valence electrons. The predicted octanol–water partition coefficient (Wildman–Crippen LogP) is 3.46. The molecular weight excluding hydrogens is 452 g/mol. The zero-order chi connectivity index (χ0) is 25.1. The van der Waals surface area contributed by atoms with Gasteiger partial charge in [-0.3, -0.25) is 4.79 Å². The fourth-order valence-electron chi connectivity index (χ4n) is 3.56. The number of rotatable bonds is 8. The van der Waals surface area contributed by atoms with Gasteiger partial charge in [-0.1, -0.05) is 17.3 Å². The van der Waals surface area contributed by atoms with Gasteiger partial charge < -0.3 is 29.7 Å². The first-order valence-corrected chi connectivity index (χ1v) is 10.7. The van der Waals surface area contributed by atoms with Crippen molar-refractivity contribution in [2.75, 3.05) is 32.4 Å². The maximum atomic E-state index is 12.7. The molecule has 0 aliphatic carbocycles. The second-order valence-electron chi connectivity index (χ2n) is 7.74. The van der Waals surface area contributed by atoms with E-state index >= 15 is 0 Å². The third kappa shape index (κ3) is 4.74. The number of nitrogens with one attached hydrogen (secondary N) is 1. The molecule has 0 aliphatic rings. The Bertz CT molecular complexity index is 1350. The fourth-order valence-corrected chi connectivity index (χ4v) is 3.56. The first-order valence-electron chi connectivity index (χ1n) is 10.7. The Morgan fingerprint density at radius 2 is 1.80 bits per heavy atom. The van der Waals surface area contributed by atoms with Crippen molar-refractivity contribution in [3.8, 4) is 28.7 Å². The summed E-state index contributed by atoms with van der Waals surface area (Å²) in [7, 11) is 4.60. The van der Waals surface area contributed by atoms with Crippen molar-refractivity contribution in [2.45, 2.75) is 20.4 Å². The van der Waals surface area contributed by atoms with Crippen LogP contribution < -0.4 is 25.3 Å². The number of aromatic nitrogens is 4. The molecule has 35 heavy (non-hydrogen) atoms. The van der Waals surface area contributed by atoms with Crippen LogP contribution in [0.1, 0.15) is 27.5 Å². The lowest BCUT2D eigenvalue weighted by Crippen LogP contribution is -2.15. The molecule has 2 aromatic carbocycles. The summed E-state index contributed by atoms with van der Waals surface area (Å²) < 4.78 is 23.5. The van der Waals surface area contributed by atoms with Crippen LogP contribution in [0.25, 0.3) is 11.5 Å². The number of benzene rings is 2. The summed E-state index contributed by atoms with van der Waals surface area (Å²) in [6, 6.07) is 10.9. The van der Waals surface area contributed by atoms with Crippen molar-refractivity contribution >= 4 is 17.4 Å². The summed E-state index contributed by atoms with van der Waals surface area (Å²) >= 11 is 0. The van der Waals surface area contributed by atoms with Crippen molar-refractivity contribution in [1.82, 2.24) is 20.0 Å². The summed E-state index contributed by atoms with van der Waals surface area (Å²) in [6.07, 6.45) is 0. The molecule has 11 heteroatoms. The van der Waals surface area contributed by atoms with E-state index in [9.17, 15) is 4.79 Å². The molecule has 4 aromatic rings. The highest BCUT2D eigenvalue weighted by molar-refractivity contribution is 6.05. The Morgan fingerprint density at radius 3 is 2.43 bits per heavy atom. The molecule has 0 atom stereocenters. The van der Waals surface area contributed by atoms with Gasteiger partial charge in [-0.05, 0) is 43.7 Å². The number of ether oxygens (including phenoxy) is 3. The van der Waals surface area contributed by atoms with Crippen molar-refractivity contribution in [3.63, 3.8) is 0 Å². The van der Waals surface area contributed by atoms with Crippen molar-refractivity contribution < 1.29 is 23.4 Å². The van der Waals surface area contributed by atoms with E-state index in [0.717, 1.165) is 5.56 Å². The van der Waals surface area contributed by atoms with Gasteiger partial charge in [0, 0.05) is 11.3 Å². The molecule has 1 amide bonds. The van der Waals surface area contributed by atoms with Crippen LogP contribution >= 0.6 is 0 Å². The van der Waals surface area contributed by atoms with Gasteiger partial charge in [-0.2, -0.15) is 0 Å². The van der Waals surface area contributed by atoms with Gasteiger partial charge in [0.1, 0.15) is 11.5 Å². The van der Waals surface area contributed by atoms with Crippen LogP contribution in [0.15, 0.2) is 40.8 Å². The number of aryl methyl sites for hydroxylation is 2. The van der Waals surface area contributed by atoms with Crippen LogP contribution in [-0.2, 0) is 6.54 Å². The minimum atomic E-state index is -0.450. The zero-order valence-corrected chi connectivity index (χ0v) is 20.1. The van der Waals surface area contributed by atoms with Gasteiger partial charge in [-0.15, -0.1) is 5.10 Å². The van der Waals surface area contributed by atoms with E-state index < -0.39 is 5.91 Å². The third-order valence-corrected chi connectivity index (χ3v) is 5.37. The fraction of sp³-hybridized carbons (Fsp3) is 0.250. The Morgan fingerprint density at radius 1 is 1.09 bits per heavy atom. The summed E-state index contributed by atoms with van der Waals surface area (Å²) in [5, 5.41) is 10.8. The average Bonchev–Trinajstić information content (AvgIpc) is 3.40. The van der Waals surface area contributed by atoms with E-state index in [-0.39, 0.29) is 18.1 Å². The lowest BCUT2D eigenvalue weighted by molar-refractivity contribution is 0.102. The van der Waals surface area contributed by atoms with E-state index in [1.807, 2.05) is 25.1 Å². The molecule has 0 saturated carbocycles. The number of nitrogens with two attached hydrogens (primary N) is 1. The number of hydrogen-bond acceptors (Lipinski definition) is 9. The Labute approximate surface area is 201 Å². The van der Waals surface area contributed by atoms with Gasteiger partial charge in [0.15, 0.2) is 23.0 Å². The van der Waals surface area contributed by atoms with E-state index in [4.69, 9.17) is 24.4 Å². The number of oxazole rings is 1. The van der Waals surface area contributed by atoms with Gasteiger partial charge in [0.05, 0.1) is 27.9 Å². The Kier molecular flexibility index (Phi) is 6.58. The Balaban J connectivity index is 1.58. The van der Waals surface area contributed by atoms with Crippen LogP contribution in [0.3, 0.4) is 0 Å². The molecule has 0 bridgehead atoms. The predicted molar refractivity (Wildman–Crippen MR) is 129 cm³/mol. The van der Waals surface area contributed by atoms with Gasteiger partial charge in [0.25, 0.3) is 5.91 Å². The largest absolute Gasteiger partial charge is 0.493 e. The second-order valence-corrected chi connectivity index (χ2v) is 7.74. The quantitative estimate of drug-likeness (QED) is 0.390. The standard InChI is InChI=1S/C24H26N6O5/c1-13-7-6-8-16(9-13)26-23(31)20-22(25)30(29-28-20)12-17-14(2)35-24(27-17)15-10-18(32-3)21(34-5)19(11-15)33-4/h6-11H,12,25H2,1-5H3,(H,26,31). The highest BCUT2D eigenvalue weighted by Gasteiger charge is 2.21. The van der Waals surface area contributed by atoms with Crippen LogP contribution in [0.4, 0.5) is 11.5 Å². The van der Waals surface area contributed by atoms with Crippen LogP contribution in [-0.4, -0.2) is 47.2 Å². The molecule has 3 N–H and O–H groups in total. The van der Waals surface area contributed by atoms with Gasteiger partial charge in [-0.25, -0.2) is 9.67 Å². The first kappa shape index (κ1) is 23.6. The number of carbonyl (C=O) groups excluding carboxylic acids is 1. The van der Waals surface area contributed by atoms with Gasteiger partial charge >= 0.3 is 0 Å². The van der Waals surface area contributed by atoms with Crippen LogP contribution in [0, 0.1) is 13.8 Å². The molecule has 0 unspecified atom stereocenters. The van der Waals surface area contributed by atoms with Crippen LogP contribution in [0.5, 0.6) is 17.2 Å². The minimum absolute atomic E-state index is 0.0255. The highest BCUT2D eigenvalue weighted by atomic mass is 16.5. The van der Waals surface area contributed by atoms with E-state index in [1.165, 1.54) is 26.0 Å². The molecule has 0 spiro atoms. The number of nitrogen functional groups attached to an aromatic ring is 1. The maximum absolute atomic E-state index is 12.7. The average molecular weight is 479 g/mol. The van der Waals surface area contributed by atoms with Crippen molar-refractivity contribution in [1.29, 1.82) is 0 Å². The van der Waals surface area contributed by atoms with Crippen LogP contribution in [0.2, 0.25) is 0 Å². The number of anilines is 2. The molecule has 2 aromatic heterocycles. The number of amides is 1. The monoisotopic (exact) mass is 478 g/mol. The normalized spacial score (nSPS) is 10.8. The molecule has 0 aliphatic heterocycles. The molecule has 4 rings (SSSR count). The summed E-state index contributed by atoms with van der Waals surface area (Å²) in [6.45, 7) is 3.88. The molecule has 0 radical (unpaired) electrons. The molecule has 11 nitrogen and oxygen atoms in total. The molecule has 0 saturated heterocycles. The number of hydrogen-bond donors (Lipinski definition) is 2. The lowest BCUT2D eigenvalue weighted by atomic mass is 10.2. The SMILES string of the molecule is COc1cc(-c2nc(Cn3nnc(C(=O)Nc4cccc(C)c4)c3N)c(C)o2)cc(OC)c1OC. The summed E-state index contributed by atoms with van der Waals surface area (Å²) in [4.78, 5) is 17.3. The van der Waals surface area contributed by atoms with E-state index in [1.54, 1.807) is 25.1 Å². The second kappa shape index (κ2) is 9.75. The topological polar surface area (TPSA) is 140 Å². The first-order chi connectivity index (χ1) is 16.8. The third-order valence-electron chi connectivity index (χ3n) is 5.37. The summed E-state index contributed by atoms with van der Waals surface area (Å²) in [5.74, 6) is 2.01. The van der Waals surface area contributed by atoms with Gasteiger partial charge in [0.2, 0.25) is 11.6 Å². The van der Waals surface area contributed by atoms with E-state index in [2.05, 4.69) is 20.6 Å². The number of nitrogens with zero attached hydrogens (tertiary/aromatic N) is 4. The maximum Gasteiger partial charge on any atom is 0.280 e. The minimum Gasteiger partial charge on any atom is -0.493 e. The smallest absolute Gasteiger partial charge is 0.280 e. The van der Waals surface area contributed by atoms with Crippen molar-refractivity contribution in [3.05, 3.63) is 59.1 Å². The molecular formula is C24H26N6O5. The summed E-state index contributed by atoms with van der Waals surface area (Å²) in [5.41, 5.74) is 9.09. The molecule has 2 heterocycles. The Hall–Kier alpha value is -4.54.